The van der Waals surface area contributed by atoms with Gasteiger partial charge in [-0.1, -0.05) is 17.7 Å². The van der Waals surface area contributed by atoms with E-state index < -0.39 is 0 Å². The molecule has 0 aliphatic heterocycles. The molecule has 5 nitrogen and oxygen atoms in total. The largest absolute Gasteiger partial charge is 0.464 e. The van der Waals surface area contributed by atoms with Crippen molar-refractivity contribution in [2.24, 2.45) is 0 Å². The van der Waals surface area contributed by atoms with E-state index in [9.17, 15) is 4.79 Å². The maximum Gasteiger partial charge on any atom is 0.287 e. The zero-order chi connectivity index (χ0) is 14.7. The second-order valence-corrected chi connectivity index (χ2v) is 4.84. The number of halogens is 1. The summed E-state index contributed by atoms with van der Waals surface area (Å²) in [6, 6.07) is 3.65. The Bertz CT molecular complexity index is 675. The molecular weight excluding hydrogens is 278 g/mol. The zero-order valence-electron chi connectivity index (χ0n) is 11.4. The Morgan fingerprint density at radius 3 is 2.95 bits per heavy atom. The molecule has 0 saturated carbocycles. The number of nitrogens with zero attached hydrogens (tertiary/aromatic N) is 2. The van der Waals surface area contributed by atoms with Gasteiger partial charge in [0.25, 0.3) is 5.56 Å². The molecule has 0 aromatic carbocycles. The van der Waals surface area contributed by atoms with Gasteiger partial charge in [-0.3, -0.25) is 4.79 Å². The van der Waals surface area contributed by atoms with Gasteiger partial charge in [-0.25, -0.2) is 4.68 Å². The summed E-state index contributed by atoms with van der Waals surface area (Å²) < 4.78 is 6.78. The van der Waals surface area contributed by atoms with Crippen LogP contribution < -0.4 is 10.9 Å². The van der Waals surface area contributed by atoms with E-state index in [0.29, 0.717) is 12.2 Å². The average molecular weight is 294 g/mol. The van der Waals surface area contributed by atoms with Gasteiger partial charge in [0.05, 0.1) is 24.5 Å². The van der Waals surface area contributed by atoms with Crippen molar-refractivity contribution in [3.63, 3.8) is 0 Å². The fraction of sp³-hybridized carbons (Fsp3) is 0.286. The van der Waals surface area contributed by atoms with Gasteiger partial charge < -0.3 is 9.73 Å². The minimum absolute atomic E-state index is 0.108. The van der Waals surface area contributed by atoms with Gasteiger partial charge in [0.2, 0.25) is 0 Å². The molecule has 0 radical (unpaired) electrons. The lowest BCUT2D eigenvalue weighted by atomic mass is 10.2. The summed E-state index contributed by atoms with van der Waals surface area (Å²) in [5, 5.41) is 7.27. The highest BCUT2D eigenvalue weighted by molar-refractivity contribution is 6.32. The second kappa shape index (κ2) is 5.96. The molecule has 1 atom stereocenters. The van der Waals surface area contributed by atoms with E-state index >= 15 is 0 Å². The molecule has 0 aliphatic carbocycles. The molecule has 0 spiro atoms. The standard InChI is InChI=1S/C14H16ClN3O2/c1-4-7-18-14(19)13(15)11(8-16-18)17-10(3)12-6-5-9(2)20-12/h4-6,8,10,17H,1,7H2,2-3H3. The van der Waals surface area contributed by atoms with Crippen molar-refractivity contribution in [2.45, 2.75) is 26.4 Å². The van der Waals surface area contributed by atoms with Crippen molar-refractivity contribution in [3.05, 3.63) is 57.9 Å². The molecule has 2 aromatic rings. The number of nitrogens with one attached hydrogen (secondary N) is 1. The summed E-state index contributed by atoms with van der Waals surface area (Å²) in [5.41, 5.74) is 0.137. The third-order valence-electron chi connectivity index (χ3n) is 2.85. The van der Waals surface area contributed by atoms with E-state index in [2.05, 4.69) is 17.0 Å². The third-order valence-corrected chi connectivity index (χ3v) is 3.21. The first-order chi connectivity index (χ1) is 9.52. The van der Waals surface area contributed by atoms with Crippen LogP contribution in [0.1, 0.15) is 24.5 Å². The van der Waals surface area contributed by atoms with Crippen LogP contribution in [0.15, 0.2) is 40.2 Å². The highest BCUT2D eigenvalue weighted by Crippen LogP contribution is 2.23. The van der Waals surface area contributed by atoms with Crippen molar-refractivity contribution < 1.29 is 4.42 Å². The van der Waals surface area contributed by atoms with Gasteiger partial charge >= 0.3 is 0 Å². The molecule has 2 rings (SSSR count). The predicted molar refractivity (Wildman–Crippen MR) is 79.2 cm³/mol. The van der Waals surface area contributed by atoms with Crippen LogP contribution in [-0.2, 0) is 6.54 Å². The summed E-state index contributed by atoms with van der Waals surface area (Å²) >= 11 is 6.07. The van der Waals surface area contributed by atoms with E-state index in [1.165, 1.54) is 10.9 Å². The van der Waals surface area contributed by atoms with Crippen LogP contribution in [0.4, 0.5) is 5.69 Å². The van der Waals surface area contributed by atoms with Crippen molar-refractivity contribution >= 4 is 17.3 Å². The Balaban J connectivity index is 2.24. The lowest BCUT2D eigenvalue weighted by Crippen LogP contribution is -2.24. The summed E-state index contributed by atoms with van der Waals surface area (Å²) in [7, 11) is 0. The number of furan rings is 1. The number of anilines is 1. The smallest absolute Gasteiger partial charge is 0.287 e. The van der Waals surface area contributed by atoms with Gasteiger partial charge in [-0.05, 0) is 26.0 Å². The predicted octanol–water partition coefficient (Wildman–Crippen LogP) is 3.16. The van der Waals surface area contributed by atoms with Crippen molar-refractivity contribution in [1.82, 2.24) is 9.78 Å². The Morgan fingerprint density at radius 1 is 1.60 bits per heavy atom. The van der Waals surface area contributed by atoms with Gasteiger partial charge in [-0.2, -0.15) is 5.10 Å². The Hall–Kier alpha value is -2.01. The van der Waals surface area contributed by atoms with E-state index in [0.717, 1.165) is 11.5 Å². The molecule has 2 heterocycles. The van der Waals surface area contributed by atoms with Gasteiger partial charge in [0.1, 0.15) is 16.5 Å². The Morgan fingerprint density at radius 2 is 2.35 bits per heavy atom. The normalized spacial score (nSPS) is 12.2. The fourth-order valence-electron chi connectivity index (χ4n) is 1.81. The van der Waals surface area contributed by atoms with Crippen LogP contribution in [0.5, 0.6) is 0 Å². The number of rotatable bonds is 5. The first kappa shape index (κ1) is 14.4. The SMILES string of the molecule is C=CCn1ncc(NC(C)c2ccc(C)o2)c(Cl)c1=O. The summed E-state index contributed by atoms with van der Waals surface area (Å²) in [6.07, 6.45) is 3.12. The van der Waals surface area contributed by atoms with Crippen LogP contribution in [-0.4, -0.2) is 9.78 Å². The Labute approximate surface area is 121 Å². The van der Waals surface area contributed by atoms with E-state index in [-0.39, 0.29) is 16.6 Å². The number of aryl methyl sites for hydroxylation is 1. The molecule has 0 amide bonds. The number of allylic oxidation sites excluding steroid dienone is 1. The summed E-state index contributed by atoms with van der Waals surface area (Å²) in [4.78, 5) is 12.0. The van der Waals surface area contributed by atoms with Crippen molar-refractivity contribution in [3.8, 4) is 0 Å². The van der Waals surface area contributed by atoms with Gasteiger partial charge in [0.15, 0.2) is 0 Å². The topological polar surface area (TPSA) is 60.1 Å². The van der Waals surface area contributed by atoms with Crippen LogP contribution in [0, 0.1) is 6.92 Å². The van der Waals surface area contributed by atoms with Crippen LogP contribution in [0.3, 0.4) is 0 Å². The fourth-order valence-corrected chi connectivity index (χ4v) is 2.01. The molecule has 1 N–H and O–H groups in total. The molecule has 0 saturated heterocycles. The summed E-state index contributed by atoms with van der Waals surface area (Å²) in [5.74, 6) is 1.60. The minimum atomic E-state index is -0.348. The van der Waals surface area contributed by atoms with E-state index in [4.69, 9.17) is 16.0 Å². The lowest BCUT2D eigenvalue weighted by molar-refractivity contribution is 0.466. The molecule has 1 unspecified atom stereocenters. The first-order valence-corrected chi connectivity index (χ1v) is 6.60. The maximum absolute atomic E-state index is 12.0. The van der Waals surface area contributed by atoms with Crippen molar-refractivity contribution in [2.75, 3.05) is 5.32 Å². The molecule has 106 valence electrons. The van der Waals surface area contributed by atoms with Gasteiger partial charge in [-0.15, -0.1) is 6.58 Å². The molecular formula is C14H16ClN3O2. The quantitative estimate of drug-likeness (QED) is 0.860. The molecule has 20 heavy (non-hydrogen) atoms. The third kappa shape index (κ3) is 2.93. The number of hydrogen-bond acceptors (Lipinski definition) is 4. The first-order valence-electron chi connectivity index (χ1n) is 6.22. The summed E-state index contributed by atoms with van der Waals surface area (Å²) in [6.45, 7) is 7.69. The zero-order valence-corrected chi connectivity index (χ0v) is 12.1. The number of aromatic nitrogens is 2. The maximum atomic E-state index is 12.0. The highest BCUT2D eigenvalue weighted by Gasteiger charge is 2.14. The van der Waals surface area contributed by atoms with Crippen molar-refractivity contribution in [1.29, 1.82) is 0 Å². The molecule has 0 aliphatic rings. The second-order valence-electron chi connectivity index (χ2n) is 4.46. The Kier molecular flexibility index (Phi) is 4.29. The minimum Gasteiger partial charge on any atom is -0.464 e. The van der Waals surface area contributed by atoms with E-state index in [1.54, 1.807) is 6.08 Å². The number of hydrogen-bond donors (Lipinski definition) is 1. The molecule has 6 heteroatoms. The highest BCUT2D eigenvalue weighted by atomic mass is 35.5. The molecule has 0 bridgehead atoms. The monoisotopic (exact) mass is 293 g/mol. The van der Waals surface area contributed by atoms with Gasteiger partial charge in [0, 0.05) is 0 Å². The molecule has 0 fully saturated rings. The van der Waals surface area contributed by atoms with Crippen LogP contribution in [0.25, 0.3) is 0 Å². The average Bonchev–Trinajstić information content (AvgIpc) is 2.85. The van der Waals surface area contributed by atoms with Crippen LogP contribution in [0.2, 0.25) is 5.02 Å². The lowest BCUT2D eigenvalue weighted by Gasteiger charge is -2.14. The van der Waals surface area contributed by atoms with E-state index in [1.807, 2.05) is 26.0 Å². The molecule has 2 aromatic heterocycles. The van der Waals surface area contributed by atoms with Crippen LogP contribution >= 0.6 is 11.6 Å².